The number of H-pyrrole nitrogens is 1. The van der Waals surface area contributed by atoms with E-state index in [1.54, 1.807) is 11.0 Å². The minimum atomic E-state index is -0.536. The molecule has 0 aromatic carbocycles. The van der Waals surface area contributed by atoms with Crippen molar-refractivity contribution in [3.63, 3.8) is 0 Å². The second-order valence-electron chi connectivity index (χ2n) is 7.02. The van der Waals surface area contributed by atoms with Crippen LogP contribution in [0.3, 0.4) is 0 Å². The standard InChI is InChI=1S/C18H23N5O3.ClH/c1-2-7-23-15-14(16(24)21-18(23)26)12(10-13(20-15)11-3-4-11)17(25)22-8-5-19-6-9-22;/h10-11,19H,2-9H2,1H3,(H,21,24,26);1H. The van der Waals surface area contributed by atoms with Crippen molar-refractivity contribution >= 4 is 29.3 Å². The number of hydrogen-bond acceptors (Lipinski definition) is 5. The van der Waals surface area contributed by atoms with Crippen LogP contribution in [-0.4, -0.2) is 51.5 Å². The molecule has 2 aromatic heterocycles. The number of piperazine rings is 1. The van der Waals surface area contributed by atoms with Crippen LogP contribution in [0.15, 0.2) is 15.7 Å². The van der Waals surface area contributed by atoms with Gasteiger partial charge in [0.15, 0.2) is 5.65 Å². The van der Waals surface area contributed by atoms with Gasteiger partial charge in [0.25, 0.3) is 11.5 Å². The number of aryl methyl sites for hydroxylation is 1. The molecule has 0 spiro atoms. The van der Waals surface area contributed by atoms with Gasteiger partial charge in [-0.25, -0.2) is 9.78 Å². The lowest BCUT2D eigenvalue weighted by molar-refractivity contribution is 0.0737. The molecule has 2 aromatic rings. The number of hydrogen-bond donors (Lipinski definition) is 2. The first-order valence-corrected chi connectivity index (χ1v) is 9.28. The average molecular weight is 394 g/mol. The third-order valence-corrected chi connectivity index (χ3v) is 5.05. The van der Waals surface area contributed by atoms with Crippen molar-refractivity contribution in [3.05, 3.63) is 38.2 Å². The van der Waals surface area contributed by atoms with Crippen molar-refractivity contribution in [1.82, 2.24) is 24.8 Å². The summed E-state index contributed by atoms with van der Waals surface area (Å²) in [6, 6.07) is 1.76. The number of pyridine rings is 1. The molecular weight excluding hydrogens is 370 g/mol. The van der Waals surface area contributed by atoms with Gasteiger partial charge in [0, 0.05) is 44.3 Å². The summed E-state index contributed by atoms with van der Waals surface area (Å²) in [5.41, 5.74) is 0.510. The number of aromatic nitrogens is 3. The molecule has 4 rings (SSSR count). The molecule has 2 fully saturated rings. The van der Waals surface area contributed by atoms with E-state index in [1.165, 1.54) is 4.57 Å². The van der Waals surface area contributed by atoms with Crippen LogP contribution in [0.4, 0.5) is 0 Å². The van der Waals surface area contributed by atoms with Crippen LogP contribution in [0.2, 0.25) is 0 Å². The van der Waals surface area contributed by atoms with E-state index in [0.29, 0.717) is 36.8 Å². The lowest BCUT2D eigenvalue weighted by Crippen LogP contribution is -2.46. The van der Waals surface area contributed by atoms with Crippen LogP contribution in [-0.2, 0) is 6.54 Å². The molecule has 8 nitrogen and oxygen atoms in total. The molecule has 0 atom stereocenters. The topological polar surface area (TPSA) is 100 Å². The molecule has 1 amide bonds. The van der Waals surface area contributed by atoms with Gasteiger partial charge in [-0.2, -0.15) is 0 Å². The molecule has 1 aliphatic heterocycles. The maximum Gasteiger partial charge on any atom is 0.329 e. The van der Waals surface area contributed by atoms with Crippen LogP contribution in [0.1, 0.15) is 48.2 Å². The SMILES string of the molecule is CCCn1c(=O)[nH]c(=O)c2c(C(=O)N3CCNCC3)cc(C3CC3)nc21.Cl. The first kappa shape index (κ1) is 19.6. The van der Waals surface area contributed by atoms with Gasteiger partial charge in [0.1, 0.15) is 0 Å². The third kappa shape index (κ3) is 3.64. The third-order valence-electron chi connectivity index (χ3n) is 5.05. The fourth-order valence-corrected chi connectivity index (χ4v) is 3.52. The lowest BCUT2D eigenvalue weighted by Gasteiger charge is -2.28. The van der Waals surface area contributed by atoms with E-state index in [-0.39, 0.29) is 23.7 Å². The van der Waals surface area contributed by atoms with Gasteiger partial charge in [0.2, 0.25) is 0 Å². The van der Waals surface area contributed by atoms with E-state index in [0.717, 1.165) is 38.0 Å². The maximum atomic E-state index is 13.1. The van der Waals surface area contributed by atoms with Crippen LogP contribution >= 0.6 is 12.4 Å². The van der Waals surface area contributed by atoms with Gasteiger partial charge in [0.05, 0.1) is 10.9 Å². The quantitative estimate of drug-likeness (QED) is 0.801. The highest BCUT2D eigenvalue weighted by Gasteiger charge is 2.30. The van der Waals surface area contributed by atoms with Crippen LogP contribution in [0, 0.1) is 0 Å². The van der Waals surface area contributed by atoms with Crippen molar-refractivity contribution in [3.8, 4) is 0 Å². The Balaban J connectivity index is 0.00000210. The van der Waals surface area contributed by atoms with Gasteiger partial charge in [-0.1, -0.05) is 6.92 Å². The highest BCUT2D eigenvalue weighted by atomic mass is 35.5. The number of halogens is 1. The average Bonchev–Trinajstić information content (AvgIpc) is 3.49. The Kier molecular flexibility index (Phi) is 5.67. The second-order valence-corrected chi connectivity index (χ2v) is 7.02. The number of amides is 1. The number of nitrogens with zero attached hydrogens (tertiary/aromatic N) is 3. The molecule has 1 saturated carbocycles. The number of carbonyl (C=O) groups excluding carboxylic acids is 1. The van der Waals surface area contributed by atoms with E-state index >= 15 is 0 Å². The molecule has 27 heavy (non-hydrogen) atoms. The second kappa shape index (κ2) is 7.82. The zero-order valence-electron chi connectivity index (χ0n) is 15.3. The number of rotatable bonds is 4. The Morgan fingerprint density at radius 2 is 1.96 bits per heavy atom. The Morgan fingerprint density at radius 3 is 2.59 bits per heavy atom. The summed E-state index contributed by atoms with van der Waals surface area (Å²) in [6.07, 6.45) is 2.79. The molecule has 0 bridgehead atoms. The highest BCUT2D eigenvalue weighted by molar-refractivity contribution is 6.05. The highest BCUT2D eigenvalue weighted by Crippen LogP contribution is 2.40. The largest absolute Gasteiger partial charge is 0.336 e. The van der Waals surface area contributed by atoms with Gasteiger partial charge in [-0.15, -0.1) is 12.4 Å². The maximum absolute atomic E-state index is 13.1. The molecule has 0 unspecified atom stereocenters. The molecule has 2 aliphatic rings. The van der Waals surface area contributed by atoms with Crippen molar-refractivity contribution in [2.75, 3.05) is 26.2 Å². The Labute approximate surface area is 162 Å². The number of fused-ring (bicyclic) bond motifs is 1. The van der Waals surface area contributed by atoms with Crippen LogP contribution in [0.25, 0.3) is 11.0 Å². The monoisotopic (exact) mass is 393 g/mol. The van der Waals surface area contributed by atoms with Crippen molar-refractivity contribution in [1.29, 1.82) is 0 Å². The van der Waals surface area contributed by atoms with Crippen molar-refractivity contribution in [2.24, 2.45) is 0 Å². The summed E-state index contributed by atoms with van der Waals surface area (Å²) >= 11 is 0. The number of carbonyl (C=O) groups is 1. The molecule has 3 heterocycles. The number of nitrogens with one attached hydrogen (secondary N) is 2. The van der Waals surface area contributed by atoms with E-state index in [1.807, 2.05) is 6.92 Å². The summed E-state index contributed by atoms with van der Waals surface area (Å²) in [5.74, 6) is 0.159. The predicted octanol–water partition coefficient (Wildman–Crippen LogP) is 0.839. The first-order chi connectivity index (χ1) is 12.6. The van der Waals surface area contributed by atoms with E-state index in [2.05, 4.69) is 15.3 Å². The molecule has 146 valence electrons. The molecule has 0 radical (unpaired) electrons. The van der Waals surface area contributed by atoms with Gasteiger partial charge in [-0.3, -0.25) is 19.1 Å². The summed E-state index contributed by atoms with van der Waals surface area (Å²) in [5, 5.41) is 3.45. The predicted molar refractivity (Wildman–Crippen MR) is 105 cm³/mol. The summed E-state index contributed by atoms with van der Waals surface area (Å²) in [4.78, 5) is 46.7. The molecule has 2 N–H and O–H groups in total. The Bertz CT molecular complexity index is 973. The van der Waals surface area contributed by atoms with Crippen LogP contribution in [0.5, 0.6) is 0 Å². The minimum Gasteiger partial charge on any atom is -0.336 e. The zero-order valence-corrected chi connectivity index (χ0v) is 16.1. The molecular formula is C18H24ClN5O3. The normalized spacial score (nSPS) is 17.0. The Hall–Kier alpha value is -2.19. The van der Waals surface area contributed by atoms with E-state index < -0.39 is 11.2 Å². The van der Waals surface area contributed by atoms with E-state index in [4.69, 9.17) is 0 Å². The van der Waals surface area contributed by atoms with E-state index in [9.17, 15) is 14.4 Å². The number of aromatic amines is 1. The Morgan fingerprint density at radius 1 is 1.26 bits per heavy atom. The summed E-state index contributed by atoms with van der Waals surface area (Å²) in [6.45, 7) is 5.10. The van der Waals surface area contributed by atoms with Crippen molar-refractivity contribution in [2.45, 2.75) is 38.6 Å². The molecule has 1 aliphatic carbocycles. The lowest BCUT2D eigenvalue weighted by atomic mass is 10.1. The fourth-order valence-electron chi connectivity index (χ4n) is 3.52. The summed E-state index contributed by atoms with van der Waals surface area (Å²) in [7, 11) is 0. The summed E-state index contributed by atoms with van der Waals surface area (Å²) < 4.78 is 1.48. The minimum absolute atomic E-state index is 0. The molecule has 9 heteroatoms. The van der Waals surface area contributed by atoms with Crippen LogP contribution < -0.4 is 16.6 Å². The zero-order chi connectivity index (χ0) is 18.3. The fraction of sp³-hybridized carbons (Fsp3) is 0.556. The smallest absolute Gasteiger partial charge is 0.329 e. The van der Waals surface area contributed by atoms with Gasteiger partial charge < -0.3 is 10.2 Å². The van der Waals surface area contributed by atoms with Gasteiger partial charge >= 0.3 is 5.69 Å². The van der Waals surface area contributed by atoms with Gasteiger partial charge in [-0.05, 0) is 25.3 Å². The molecule has 1 saturated heterocycles. The van der Waals surface area contributed by atoms with Crippen molar-refractivity contribution < 1.29 is 4.79 Å². The first-order valence-electron chi connectivity index (χ1n) is 9.28.